The Morgan fingerprint density at radius 3 is 3.18 bits per heavy atom. The summed E-state index contributed by atoms with van der Waals surface area (Å²) in [6.07, 6.45) is 0.464. The maximum atomic E-state index is 9.61. The normalized spacial score (nSPS) is 20.5. The SMILES string of the molecule is COCC(O)CNC1CCOc2ccccc21. The Hall–Kier alpha value is -1.10. The lowest BCUT2D eigenvalue weighted by Crippen LogP contribution is -2.35. The Labute approximate surface area is 102 Å². The molecule has 1 aromatic rings. The summed E-state index contributed by atoms with van der Waals surface area (Å²) in [5, 5.41) is 13.0. The number of hydrogen-bond donors (Lipinski definition) is 2. The van der Waals surface area contributed by atoms with Crippen LogP contribution in [-0.4, -0.2) is 38.1 Å². The molecule has 2 unspecified atom stereocenters. The van der Waals surface area contributed by atoms with Gasteiger partial charge in [0.25, 0.3) is 0 Å². The second-order valence-corrected chi connectivity index (χ2v) is 4.24. The second-order valence-electron chi connectivity index (χ2n) is 4.24. The average molecular weight is 237 g/mol. The van der Waals surface area contributed by atoms with Crippen LogP contribution in [-0.2, 0) is 4.74 Å². The van der Waals surface area contributed by atoms with Gasteiger partial charge in [0.05, 0.1) is 19.3 Å². The van der Waals surface area contributed by atoms with Gasteiger partial charge in [-0.1, -0.05) is 18.2 Å². The molecule has 0 aliphatic carbocycles. The molecule has 0 bridgehead atoms. The fourth-order valence-electron chi connectivity index (χ4n) is 2.08. The summed E-state index contributed by atoms with van der Waals surface area (Å²) in [5.41, 5.74) is 1.17. The van der Waals surface area contributed by atoms with Crippen molar-refractivity contribution in [3.05, 3.63) is 29.8 Å². The van der Waals surface area contributed by atoms with Crippen molar-refractivity contribution in [3.63, 3.8) is 0 Å². The molecule has 0 aromatic heterocycles. The topological polar surface area (TPSA) is 50.7 Å². The summed E-state index contributed by atoms with van der Waals surface area (Å²) in [5.74, 6) is 0.942. The van der Waals surface area contributed by atoms with E-state index in [-0.39, 0.29) is 6.04 Å². The van der Waals surface area contributed by atoms with Gasteiger partial charge in [-0.3, -0.25) is 0 Å². The van der Waals surface area contributed by atoms with Gasteiger partial charge in [0, 0.05) is 31.7 Å². The molecular formula is C13H19NO3. The van der Waals surface area contributed by atoms with Gasteiger partial charge in [-0.05, 0) is 6.07 Å². The molecule has 94 valence electrons. The van der Waals surface area contributed by atoms with Gasteiger partial charge < -0.3 is 19.9 Å². The van der Waals surface area contributed by atoms with Crippen LogP contribution >= 0.6 is 0 Å². The van der Waals surface area contributed by atoms with Gasteiger partial charge in [0.15, 0.2) is 0 Å². The Kier molecular flexibility index (Phi) is 4.36. The van der Waals surface area contributed by atoms with Crippen LogP contribution in [0.1, 0.15) is 18.0 Å². The first-order valence-corrected chi connectivity index (χ1v) is 5.93. The monoisotopic (exact) mass is 237 g/mol. The van der Waals surface area contributed by atoms with Crippen LogP contribution in [0.5, 0.6) is 5.75 Å². The van der Waals surface area contributed by atoms with E-state index >= 15 is 0 Å². The first-order valence-electron chi connectivity index (χ1n) is 5.93. The van der Waals surface area contributed by atoms with E-state index in [1.807, 2.05) is 18.2 Å². The highest BCUT2D eigenvalue weighted by atomic mass is 16.5. The van der Waals surface area contributed by atoms with Crippen LogP contribution in [0.25, 0.3) is 0 Å². The fourth-order valence-corrected chi connectivity index (χ4v) is 2.08. The van der Waals surface area contributed by atoms with Gasteiger partial charge in [-0.25, -0.2) is 0 Å². The third-order valence-corrected chi connectivity index (χ3v) is 2.92. The molecule has 1 aliphatic rings. The number of fused-ring (bicyclic) bond motifs is 1. The van der Waals surface area contributed by atoms with E-state index in [0.29, 0.717) is 13.2 Å². The number of benzene rings is 1. The highest BCUT2D eigenvalue weighted by Crippen LogP contribution is 2.31. The molecule has 1 aliphatic heterocycles. The summed E-state index contributed by atoms with van der Waals surface area (Å²) < 4.78 is 10.5. The molecule has 0 saturated heterocycles. The number of hydrogen-bond acceptors (Lipinski definition) is 4. The predicted molar refractivity (Wildman–Crippen MR) is 65.2 cm³/mol. The molecule has 0 amide bonds. The molecule has 2 rings (SSSR count). The van der Waals surface area contributed by atoms with E-state index in [9.17, 15) is 5.11 Å². The number of aliphatic hydroxyl groups is 1. The summed E-state index contributed by atoms with van der Waals surface area (Å²) in [4.78, 5) is 0. The van der Waals surface area contributed by atoms with E-state index in [4.69, 9.17) is 9.47 Å². The average Bonchev–Trinajstić information content (AvgIpc) is 2.36. The fraction of sp³-hybridized carbons (Fsp3) is 0.538. The van der Waals surface area contributed by atoms with Crippen LogP contribution < -0.4 is 10.1 Å². The molecule has 0 fully saturated rings. The predicted octanol–water partition coefficient (Wildman–Crippen LogP) is 1.11. The van der Waals surface area contributed by atoms with Gasteiger partial charge in [-0.2, -0.15) is 0 Å². The molecule has 0 saturated carbocycles. The second kappa shape index (κ2) is 6.00. The first-order chi connectivity index (χ1) is 8.31. The van der Waals surface area contributed by atoms with Crippen molar-refractivity contribution in [2.75, 3.05) is 26.9 Å². The zero-order chi connectivity index (χ0) is 12.1. The van der Waals surface area contributed by atoms with Gasteiger partial charge >= 0.3 is 0 Å². The van der Waals surface area contributed by atoms with Crippen molar-refractivity contribution in [2.24, 2.45) is 0 Å². The van der Waals surface area contributed by atoms with E-state index in [1.165, 1.54) is 5.56 Å². The first kappa shape index (κ1) is 12.4. The van der Waals surface area contributed by atoms with E-state index < -0.39 is 6.10 Å². The number of methoxy groups -OCH3 is 1. The standard InChI is InChI=1S/C13H19NO3/c1-16-9-10(15)8-14-12-6-7-17-13-5-3-2-4-11(12)13/h2-5,10,12,14-15H,6-9H2,1H3. The number of ether oxygens (including phenoxy) is 2. The van der Waals surface area contributed by atoms with Gasteiger partial charge in [-0.15, -0.1) is 0 Å². The minimum absolute atomic E-state index is 0.256. The van der Waals surface area contributed by atoms with E-state index in [1.54, 1.807) is 7.11 Å². The third kappa shape index (κ3) is 3.19. The lowest BCUT2D eigenvalue weighted by atomic mass is 10.0. The largest absolute Gasteiger partial charge is 0.493 e. The van der Waals surface area contributed by atoms with Crippen molar-refractivity contribution >= 4 is 0 Å². The molecule has 0 spiro atoms. The quantitative estimate of drug-likeness (QED) is 0.805. The molecule has 0 radical (unpaired) electrons. The summed E-state index contributed by atoms with van der Waals surface area (Å²) >= 11 is 0. The summed E-state index contributed by atoms with van der Waals surface area (Å²) in [7, 11) is 1.59. The molecule has 1 aromatic carbocycles. The number of rotatable bonds is 5. The van der Waals surface area contributed by atoms with E-state index in [0.717, 1.165) is 18.8 Å². The lowest BCUT2D eigenvalue weighted by molar-refractivity contribution is 0.0615. The zero-order valence-corrected chi connectivity index (χ0v) is 10.1. The van der Waals surface area contributed by atoms with Crippen LogP contribution in [0, 0.1) is 0 Å². The Morgan fingerprint density at radius 1 is 1.53 bits per heavy atom. The maximum Gasteiger partial charge on any atom is 0.124 e. The smallest absolute Gasteiger partial charge is 0.124 e. The van der Waals surface area contributed by atoms with E-state index in [2.05, 4.69) is 11.4 Å². The molecule has 4 heteroatoms. The summed E-state index contributed by atoms with van der Waals surface area (Å²) in [6, 6.07) is 8.28. The third-order valence-electron chi connectivity index (χ3n) is 2.92. The molecule has 4 nitrogen and oxygen atoms in total. The van der Waals surface area contributed by atoms with Crippen molar-refractivity contribution in [1.29, 1.82) is 0 Å². The van der Waals surface area contributed by atoms with Crippen molar-refractivity contribution in [1.82, 2.24) is 5.32 Å². The van der Waals surface area contributed by atoms with Crippen molar-refractivity contribution in [3.8, 4) is 5.75 Å². The summed E-state index contributed by atoms with van der Waals surface area (Å²) in [6.45, 7) is 1.61. The zero-order valence-electron chi connectivity index (χ0n) is 10.1. The van der Waals surface area contributed by atoms with Crippen LogP contribution in [0.2, 0.25) is 0 Å². The molecule has 17 heavy (non-hydrogen) atoms. The lowest BCUT2D eigenvalue weighted by Gasteiger charge is -2.27. The minimum Gasteiger partial charge on any atom is -0.493 e. The Morgan fingerprint density at radius 2 is 2.35 bits per heavy atom. The van der Waals surface area contributed by atoms with Crippen molar-refractivity contribution in [2.45, 2.75) is 18.6 Å². The Balaban J connectivity index is 1.94. The Bertz CT molecular complexity index is 356. The number of aliphatic hydroxyl groups excluding tert-OH is 1. The molecule has 2 atom stereocenters. The van der Waals surface area contributed by atoms with Gasteiger partial charge in [0.2, 0.25) is 0 Å². The highest BCUT2D eigenvalue weighted by molar-refractivity contribution is 5.37. The number of nitrogens with one attached hydrogen (secondary N) is 1. The van der Waals surface area contributed by atoms with Gasteiger partial charge in [0.1, 0.15) is 5.75 Å². The maximum absolute atomic E-state index is 9.61. The highest BCUT2D eigenvalue weighted by Gasteiger charge is 2.20. The molecular weight excluding hydrogens is 218 g/mol. The minimum atomic E-state index is -0.463. The van der Waals surface area contributed by atoms with Crippen LogP contribution in [0.3, 0.4) is 0 Å². The number of para-hydroxylation sites is 1. The van der Waals surface area contributed by atoms with Crippen molar-refractivity contribution < 1.29 is 14.6 Å². The molecule has 1 heterocycles. The van der Waals surface area contributed by atoms with Crippen LogP contribution in [0.15, 0.2) is 24.3 Å². The molecule has 2 N–H and O–H groups in total. The van der Waals surface area contributed by atoms with Crippen LogP contribution in [0.4, 0.5) is 0 Å².